The third-order valence-corrected chi connectivity index (χ3v) is 10.7. The van der Waals surface area contributed by atoms with E-state index in [1.54, 1.807) is 33.7 Å². The quantitative estimate of drug-likeness (QED) is 0.292. The summed E-state index contributed by atoms with van der Waals surface area (Å²) >= 11 is 1.70. The lowest BCUT2D eigenvalue weighted by atomic mass is 9.66. The molecule has 3 amide bonds. The first kappa shape index (κ1) is 29.4. The average Bonchev–Trinajstić information content (AvgIpc) is 3.48. The molecule has 3 aliphatic heterocycles. The molecule has 3 saturated heterocycles. The summed E-state index contributed by atoms with van der Waals surface area (Å²) < 4.78 is -1.08. The van der Waals surface area contributed by atoms with Crippen LogP contribution in [-0.2, 0) is 14.4 Å². The zero-order valence-corrected chi connectivity index (χ0v) is 24.4. The maximum atomic E-state index is 14.4. The Bertz CT molecular complexity index is 1090. The van der Waals surface area contributed by atoms with Crippen LogP contribution in [-0.4, -0.2) is 80.4 Å². The molecule has 7 nitrogen and oxygen atoms in total. The minimum atomic E-state index is -0.648. The highest BCUT2D eigenvalue weighted by molar-refractivity contribution is 8.02. The van der Waals surface area contributed by atoms with Crippen molar-refractivity contribution in [3.05, 3.63) is 55.6 Å². The molecule has 2 bridgehead atoms. The summed E-state index contributed by atoms with van der Waals surface area (Å²) in [6.07, 6.45) is 7.09. The predicted octanol–water partition coefficient (Wildman–Crippen LogP) is 4.27. The normalized spacial score (nSPS) is 29.0. The fourth-order valence-electron chi connectivity index (χ4n) is 6.97. The van der Waals surface area contributed by atoms with Crippen molar-refractivity contribution in [2.45, 2.75) is 74.5 Å². The number of aliphatic hydroxyl groups excluding tert-OH is 1. The van der Waals surface area contributed by atoms with Gasteiger partial charge < -0.3 is 19.8 Å². The molecule has 1 spiro atoms. The Morgan fingerprint density at radius 3 is 2.41 bits per heavy atom. The molecule has 0 aliphatic carbocycles. The molecule has 0 aromatic heterocycles. The predicted molar refractivity (Wildman–Crippen MR) is 157 cm³/mol. The molecule has 2 unspecified atom stereocenters. The number of carbonyl (C=O) groups is 3. The third kappa shape index (κ3) is 5.06. The number of carbonyl (C=O) groups excluding carboxylic acids is 3. The second-order valence-corrected chi connectivity index (χ2v) is 13.4. The molecular weight excluding hydrogens is 510 g/mol. The zero-order valence-electron chi connectivity index (χ0n) is 23.6. The minimum absolute atomic E-state index is 0.0462. The van der Waals surface area contributed by atoms with E-state index >= 15 is 0 Å². The van der Waals surface area contributed by atoms with Gasteiger partial charge >= 0.3 is 0 Å². The van der Waals surface area contributed by atoms with E-state index < -0.39 is 27.4 Å². The van der Waals surface area contributed by atoms with Gasteiger partial charge in [0.15, 0.2) is 0 Å². The molecule has 0 saturated carbocycles. The second kappa shape index (κ2) is 11.9. The first-order valence-corrected chi connectivity index (χ1v) is 15.0. The highest BCUT2D eigenvalue weighted by atomic mass is 32.2. The number of hydrogen-bond donors (Lipinski definition) is 1. The summed E-state index contributed by atoms with van der Waals surface area (Å²) in [5.41, 5.74) is 0.781. The fraction of sp³-hybridized carbons (Fsp3) is 0.581. The topological polar surface area (TPSA) is 81.2 Å². The molecule has 3 fully saturated rings. The monoisotopic (exact) mass is 553 g/mol. The van der Waals surface area contributed by atoms with Crippen LogP contribution in [0.1, 0.15) is 52.9 Å². The van der Waals surface area contributed by atoms with E-state index in [1.165, 1.54) is 0 Å². The molecule has 3 aliphatic rings. The number of thioether (sulfide) groups is 1. The van der Waals surface area contributed by atoms with Gasteiger partial charge in [0, 0.05) is 42.7 Å². The number of fused-ring (bicyclic) bond motifs is 1. The SMILES string of the molecule is C=CCN(C(=O)[C@H]1[C@H]2C(=O)N(CCCCCO)C(C(=O)N(CC=C)C(C)C)C23CC[C@]1(C)S3)c1ccccc1. The molecule has 5 atom stereocenters. The van der Waals surface area contributed by atoms with Gasteiger partial charge in [0.25, 0.3) is 0 Å². The Labute approximate surface area is 237 Å². The lowest BCUT2D eigenvalue weighted by Crippen LogP contribution is -2.56. The average molecular weight is 554 g/mol. The number of likely N-dealkylation sites (tertiary alicyclic amines) is 1. The van der Waals surface area contributed by atoms with E-state index in [4.69, 9.17) is 0 Å². The van der Waals surface area contributed by atoms with Gasteiger partial charge in [0.05, 0.1) is 16.6 Å². The van der Waals surface area contributed by atoms with Crippen LogP contribution in [0.4, 0.5) is 5.69 Å². The van der Waals surface area contributed by atoms with E-state index in [-0.39, 0.29) is 30.4 Å². The van der Waals surface area contributed by atoms with Gasteiger partial charge in [-0.15, -0.1) is 24.9 Å². The zero-order chi connectivity index (χ0) is 28.4. The van der Waals surface area contributed by atoms with Gasteiger partial charge in [0.2, 0.25) is 17.7 Å². The van der Waals surface area contributed by atoms with Gasteiger partial charge in [-0.3, -0.25) is 14.4 Å². The van der Waals surface area contributed by atoms with Crippen molar-refractivity contribution in [2.75, 3.05) is 31.1 Å². The van der Waals surface area contributed by atoms with Crippen molar-refractivity contribution in [2.24, 2.45) is 11.8 Å². The molecule has 3 heterocycles. The lowest BCUT2D eigenvalue weighted by Gasteiger charge is -2.39. The number of rotatable bonds is 13. The minimum Gasteiger partial charge on any atom is -0.396 e. The standard InChI is InChI=1S/C31H43N3O4S/c1-6-18-32(22(3)4)29(38)26-31-17-16-30(5,39-31)24(25(31)28(37)34(26)20-12-9-13-21-35)27(36)33(19-7-2)23-14-10-8-11-15-23/h6-8,10-11,14-15,22,24-26,35H,1-2,9,12-13,16-21H2,3-5H3/t24-,25+,26?,30+,31?/m1/s1. The third-order valence-electron chi connectivity index (χ3n) is 8.71. The Kier molecular flexibility index (Phi) is 8.96. The van der Waals surface area contributed by atoms with Crippen molar-refractivity contribution >= 4 is 35.2 Å². The van der Waals surface area contributed by atoms with Crippen molar-refractivity contribution in [3.63, 3.8) is 0 Å². The summed E-state index contributed by atoms with van der Waals surface area (Å²) in [6, 6.07) is 8.87. The summed E-state index contributed by atoms with van der Waals surface area (Å²) in [5.74, 6) is -1.31. The summed E-state index contributed by atoms with van der Waals surface area (Å²) in [5, 5.41) is 9.27. The van der Waals surface area contributed by atoms with Crippen LogP contribution in [0.25, 0.3) is 0 Å². The smallest absolute Gasteiger partial charge is 0.247 e. The molecule has 1 N–H and O–H groups in total. The molecule has 212 valence electrons. The van der Waals surface area contributed by atoms with Gasteiger partial charge in [-0.2, -0.15) is 0 Å². The van der Waals surface area contributed by atoms with Gasteiger partial charge in [-0.1, -0.05) is 30.4 Å². The first-order valence-electron chi connectivity index (χ1n) is 14.2. The van der Waals surface area contributed by atoms with Gasteiger partial charge in [0.1, 0.15) is 6.04 Å². The van der Waals surface area contributed by atoms with Crippen LogP contribution >= 0.6 is 11.8 Å². The molecule has 1 aromatic carbocycles. The number of aliphatic hydroxyl groups is 1. The summed E-state index contributed by atoms with van der Waals surface area (Å²) in [6.45, 7) is 15.1. The van der Waals surface area contributed by atoms with Crippen LogP contribution < -0.4 is 4.90 Å². The molecule has 0 radical (unpaired) electrons. The van der Waals surface area contributed by atoms with Crippen molar-refractivity contribution < 1.29 is 19.5 Å². The molecule has 1 aromatic rings. The maximum Gasteiger partial charge on any atom is 0.247 e. The molecule has 4 rings (SSSR count). The van der Waals surface area contributed by atoms with Gasteiger partial charge in [-0.25, -0.2) is 0 Å². The van der Waals surface area contributed by atoms with E-state index in [2.05, 4.69) is 20.1 Å². The Hall–Kier alpha value is -2.58. The van der Waals surface area contributed by atoms with Crippen LogP contribution in [0.3, 0.4) is 0 Å². The number of nitrogens with zero attached hydrogens (tertiary/aromatic N) is 3. The number of benzene rings is 1. The first-order chi connectivity index (χ1) is 18.7. The number of unbranched alkanes of at least 4 members (excludes halogenated alkanes) is 2. The van der Waals surface area contributed by atoms with Crippen LogP contribution in [0.15, 0.2) is 55.6 Å². The van der Waals surface area contributed by atoms with E-state index in [0.717, 1.165) is 24.9 Å². The Balaban J connectivity index is 1.76. The molecular formula is C31H43N3O4S. The van der Waals surface area contributed by atoms with Crippen LogP contribution in [0.5, 0.6) is 0 Å². The molecule has 8 heteroatoms. The van der Waals surface area contributed by atoms with Crippen molar-refractivity contribution in [1.29, 1.82) is 0 Å². The van der Waals surface area contributed by atoms with E-state index in [9.17, 15) is 19.5 Å². The number of para-hydroxylation sites is 1. The summed E-state index contributed by atoms with van der Waals surface area (Å²) in [7, 11) is 0. The maximum absolute atomic E-state index is 14.4. The highest BCUT2D eigenvalue weighted by Crippen LogP contribution is 2.71. The lowest BCUT2D eigenvalue weighted by molar-refractivity contribution is -0.143. The van der Waals surface area contributed by atoms with E-state index in [1.807, 2.05) is 49.1 Å². The van der Waals surface area contributed by atoms with Crippen molar-refractivity contribution in [1.82, 2.24) is 9.80 Å². The Morgan fingerprint density at radius 1 is 1.10 bits per heavy atom. The number of anilines is 1. The van der Waals surface area contributed by atoms with Crippen LogP contribution in [0, 0.1) is 11.8 Å². The second-order valence-electron chi connectivity index (χ2n) is 11.5. The molecule has 39 heavy (non-hydrogen) atoms. The van der Waals surface area contributed by atoms with Gasteiger partial charge in [-0.05, 0) is 65.0 Å². The Morgan fingerprint density at radius 2 is 1.79 bits per heavy atom. The fourth-order valence-corrected chi connectivity index (χ4v) is 9.32. The highest BCUT2D eigenvalue weighted by Gasteiger charge is 2.77. The van der Waals surface area contributed by atoms with Crippen molar-refractivity contribution in [3.8, 4) is 0 Å². The summed E-state index contributed by atoms with van der Waals surface area (Å²) in [4.78, 5) is 48.4. The van der Waals surface area contributed by atoms with E-state index in [0.29, 0.717) is 32.5 Å². The largest absolute Gasteiger partial charge is 0.396 e. The number of amides is 3. The number of hydrogen-bond acceptors (Lipinski definition) is 5. The van der Waals surface area contributed by atoms with Crippen LogP contribution in [0.2, 0.25) is 0 Å².